The molecule has 0 saturated carbocycles. The quantitative estimate of drug-likeness (QED) is 0.510. The van der Waals surface area contributed by atoms with Gasteiger partial charge in [0.05, 0.1) is 12.9 Å². The van der Waals surface area contributed by atoms with Crippen LogP contribution in [0.5, 0.6) is 0 Å². The van der Waals surface area contributed by atoms with E-state index >= 15 is 0 Å². The van der Waals surface area contributed by atoms with Gasteiger partial charge in [-0.3, -0.25) is 24.5 Å². The Hall–Kier alpha value is -2.12. The van der Waals surface area contributed by atoms with Gasteiger partial charge >= 0.3 is 0 Å². The largest absolute Gasteiger partial charge is 0.408 e. The number of methoxy groups -OCH3 is 1. The zero-order chi connectivity index (χ0) is 24.7. The summed E-state index contributed by atoms with van der Waals surface area (Å²) < 4.78 is 20.1. The van der Waals surface area contributed by atoms with E-state index in [-0.39, 0.29) is 40.6 Å². The smallest absolute Gasteiger partial charge is 0.280 e. The highest BCUT2D eigenvalue weighted by molar-refractivity contribution is 6.74. The molecule has 11 nitrogen and oxygen atoms in total. The van der Waals surface area contributed by atoms with E-state index in [2.05, 4.69) is 54.1 Å². The first kappa shape index (κ1) is 25.5. The summed E-state index contributed by atoms with van der Waals surface area (Å²) in [6, 6.07) is 0. The molecule has 2 aromatic rings. The van der Waals surface area contributed by atoms with E-state index in [0.717, 1.165) is 0 Å². The molecule has 3 rings (SSSR count). The van der Waals surface area contributed by atoms with E-state index in [1.54, 1.807) is 25.5 Å². The predicted octanol–water partition coefficient (Wildman–Crippen LogP) is 2.01. The Bertz CT molecular complexity index is 1060. The fourth-order valence-corrected chi connectivity index (χ4v) is 4.74. The average Bonchev–Trinajstić information content (AvgIpc) is 3.27. The molecule has 1 amide bonds. The Kier molecular flexibility index (Phi) is 7.15. The van der Waals surface area contributed by atoms with Gasteiger partial charge in [0.1, 0.15) is 18.3 Å². The maximum atomic E-state index is 12.6. The molecule has 0 aromatic carbocycles. The van der Waals surface area contributed by atoms with Crippen LogP contribution in [0.3, 0.4) is 0 Å². The molecule has 33 heavy (non-hydrogen) atoms. The molecule has 4 atom stereocenters. The molecule has 3 N–H and O–H groups in total. The molecule has 12 heteroatoms. The molecular formula is C21H35N5O6Si. The van der Waals surface area contributed by atoms with Crippen LogP contribution < -0.4 is 10.9 Å². The molecule has 1 fully saturated rings. The van der Waals surface area contributed by atoms with Crippen LogP contribution in [0.1, 0.15) is 40.8 Å². The normalized spacial score (nSPS) is 24.1. The van der Waals surface area contributed by atoms with Crippen LogP contribution in [0.25, 0.3) is 11.2 Å². The van der Waals surface area contributed by atoms with Gasteiger partial charge in [-0.25, -0.2) is 4.98 Å². The Morgan fingerprint density at radius 2 is 2.03 bits per heavy atom. The molecule has 1 unspecified atom stereocenters. The van der Waals surface area contributed by atoms with Crippen molar-refractivity contribution < 1.29 is 23.8 Å². The average molecular weight is 482 g/mol. The fourth-order valence-electron chi connectivity index (χ4n) is 3.42. The van der Waals surface area contributed by atoms with Crippen LogP contribution in [-0.4, -0.2) is 70.9 Å². The Balaban J connectivity index is 2.01. The lowest BCUT2D eigenvalue weighted by Gasteiger charge is -2.40. The van der Waals surface area contributed by atoms with Crippen LogP contribution in [0.2, 0.25) is 18.1 Å². The number of ether oxygens (including phenoxy) is 2. The van der Waals surface area contributed by atoms with Gasteiger partial charge in [0, 0.05) is 13.0 Å². The topological polar surface area (TPSA) is 141 Å². The first-order valence-electron chi connectivity index (χ1n) is 11.1. The number of anilines is 1. The molecule has 1 aliphatic rings. The van der Waals surface area contributed by atoms with Crippen LogP contribution >= 0.6 is 0 Å². The third-order valence-corrected chi connectivity index (χ3v) is 10.9. The molecule has 1 saturated heterocycles. The number of nitrogens with one attached hydrogen (secondary N) is 2. The minimum atomic E-state index is -2.22. The molecule has 0 radical (unpaired) electrons. The molecule has 1 aliphatic heterocycles. The molecule has 0 bridgehead atoms. The fraction of sp³-hybridized carbons (Fsp3) is 0.714. The summed E-state index contributed by atoms with van der Waals surface area (Å²) in [7, 11) is -0.663. The monoisotopic (exact) mass is 481 g/mol. The number of nitrogens with zero attached hydrogens (tertiary/aromatic N) is 3. The van der Waals surface area contributed by atoms with Gasteiger partial charge in [-0.05, 0) is 18.1 Å². The van der Waals surface area contributed by atoms with Gasteiger partial charge in [0.25, 0.3) is 5.56 Å². The molecule has 0 aliphatic carbocycles. The molecule has 3 heterocycles. The van der Waals surface area contributed by atoms with Crippen LogP contribution in [0.15, 0.2) is 11.1 Å². The number of imidazole rings is 1. The first-order valence-corrected chi connectivity index (χ1v) is 14.0. The number of carbonyl (C=O) groups excluding carboxylic acids is 1. The summed E-state index contributed by atoms with van der Waals surface area (Å²) in [5.41, 5.74) is -0.155. The highest BCUT2D eigenvalue weighted by atomic mass is 28.4. The SMILES string of the molecule is COC1[C@@H](O[Si](C)(C)C(C)(C)C)[C@@H](CO)O[C@H]1n1cnc2c(=O)[nH]c(NC(=O)C(C)C)nc21. The molecule has 184 valence electrons. The first-order chi connectivity index (χ1) is 15.3. The van der Waals surface area contributed by atoms with E-state index in [4.69, 9.17) is 13.9 Å². The summed E-state index contributed by atoms with van der Waals surface area (Å²) in [5.74, 6) is -0.545. The molecular weight excluding hydrogens is 446 g/mol. The van der Waals surface area contributed by atoms with Crippen molar-refractivity contribution >= 4 is 31.3 Å². The van der Waals surface area contributed by atoms with Gasteiger partial charge in [-0.15, -0.1) is 0 Å². The van der Waals surface area contributed by atoms with E-state index in [0.29, 0.717) is 0 Å². The second kappa shape index (κ2) is 9.26. The molecule has 0 spiro atoms. The number of rotatable bonds is 7. The van der Waals surface area contributed by atoms with Crippen molar-refractivity contribution in [2.24, 2.45) is 5.92 Å². The van der Waals surface area contributed by atoms with Crippen molar-refractivity contribution in [2.45, 2.75) is 77.3 Å². The Morgan fingerprint density at radius 1 is 1.36 bits per heavy atom. The summed E-state index contributed by atoms with van der Waals surface area (Å²) in [5, 5.41) is 12.6. The van der Waals surface area contributed by atoms with E-state index in [1.807, 2.05) is 0 Å². The predicted molar refractivity (Wildman–Crippen MR) is 125 cm³/mol. The number of hydrogen-bond donors (Lipinski definition) is 3. The van der Waals surface area contributed by atoms with Crippen molar-refractivity contribution in [2.75, 3.05) is 19.0 Å². The third kappa shape index (κ3) is 4.89. The number of amides is 1. The standard InChI is InChI=1S/C21H35N5O6Si/c1-11(2)17(28)24-20-23-16-13(18(29)25-20)22-10-26(16)19-15(30-6)14(12(9-27)31-19)32-33(7,8)21(3,4)5/h10-12,14-15,19,27H,9H2,1-8H3,(H2,23,24,25,28,29)/t12-,14+,15?,19-/m1/s1. The summed E-state index contributed by atoms with van der Waals surface area (Å²) in [6.45, 7) is 13.9. The molecule has 2 aromatic heterocycles. The zero-order valence-electron chi connectivity index (χ0n) is 20.5. The maximum absolute atomic E-state index is 12.6. The number of aromatic nitrogens is 4. The second-order valence-corrected chi connectivity index (χ2v) is 14.9. The van der Waals surface area contributed by atoms with Crippen molar-refractivity contribution in [1.29, 1.82) is 0 Å². The van der Waals surface area contributed by atoms with Gasteiger partial charge in [-0.2, -0.15) is 4.98 Å². The number of H-pyrrole nitrogens is 1. The van der Waals surface area contributed by atoms with E-state index < -0.39 is 38.4 Å². The van der Waals surface area contributed by atoms with Crippen LogP contribution in [0.4, 0.5) is 5.95 Å². The maximum Gasteiger partial charge on any atom is 0.280 e. The Morgan fingerprint density at radius 3 is 2.58 bits per heavy atom. The summed E-state index contributed by atoms with van der Waals surface area (Å²) in [6.07, 6.45) is -1.03. The highest BCUT2D eigenvalue weighted by Crippen LogP contribution is 2.42. The number of aliphatic hydroxyl groups excluding tert-OH is 1. The second-order valence-electron chi connectivity index (χ2n) is 10.2. The minimum absolute atomic E-state index is 0.0210. The summed E-state index contributed by atoms with van der Waals surface area (Å²) >= 11 is 0. The highest BCUT2D eigenvalue weighted by Gasteiger charge is 2.51. The van der Waals surface area contributed by atoms with Gasteiger partial charge in [0.2, 0.25) is 11.9 Å². The van der Waals surface area contributed by atoms with E-state index in [9.17, 15) is 14.7 Å². The number of aromatic amines is 1. The van der Waals surface area contributed by atoms with Crippen molar-refractivity contribution in [1.82, 2.24) is 19.5 Å². The lowest BCUT2D eigenvalue weighted by atomic mass is 10.1. The number of hydrogen-bond acceptors (Lipinski definition) is 8. The van der Waals surface area contributed by atoms with Crippen LogP contribution in [-0.2, 0) is 18.7 Å². The van der Waals surface area contributed by atoms with E-state index in [1.165, 1.54) is 6.33 Å². The number of carbonyl (C=O) groups is 1. The van der Waals surface area contributed by atoms with Crippen molar-refractivity contribution in [3.8, 4) is 0 Å². The number of fused-ring (bicyclic) bond motifs is 1. The van der Waals surface area contributed by atoms with Crippen molar-refractivity contribution in [3.05, 3.63) is 16.7 Å². The lowest BCUT2D eigenvalue weighted by Crippen LogP contribution is -2.50. The summed E-state index contributed by atoms with van der Waals surface area (Å²) in [4.78, 5) is 35.8. The minimum Gasteiger partial charge on any atom is -0.408 e. The van der Waals surface area contributed by atoms with Gasteiger partial charge < -0.3 is 19.0 Å². The number of aliphatic hydroxyl groups is 1. The van der Waals surface area contributed by atoms with Crippen LogP contribution in [0, 0.1) is 5.92 Å². The Labute approximate surface area is 194 Å². The lowest BCUT2D eigenvalue weighted by molar-refractivity contribution is -0.118. The van der Waals surface area contributed by atoms with Gasteiger partial charge in [-0.1, -0.05) is 34.6 Å². The van der Waals surface area contributed by atoms with Crippen molar-refractivity contribution in [3.63, 3.8) is 0 Å². The zero-order valence-corrected chi connectivity index (χ0v) is 21.5. The third-order valence-electron chi connectivity index (χ3n) is 6.45. The van der Waals surface area contributed by atoms with Gasteiger partial charge in [0.15, 0.2) is 25.7 Å².